The molecule has 1 saturated carbocycles. The fraction of sp³-hybridized carbons (Fsp3) is 0.500. The lowest BCUT2D eigenvalue weighted by Crippen LogP contribution is -2.56. The van der Waals surface area contributed by atoms with Crippen LogP contribution in [0.1, 0.15) is 78.9 Å². The van der Waals surface area contributed by atoms with Gasteiger partial charge < -0.3 is 49.5 Å². The molecule has 2 aromatic heterocycles. The Labute approximate surface area is 416 Å². The first-order valence-electron chi connectivity index (χ1n) is 25.2. The molecule has 3 aromatic carbocycles. The van der Waals surface area contributed by atoms with Crippen molar-refractivity contribution < 1.29 is 46.2 Å². The number of amides is 1. The number of hydrogen-bond donors (Lipinski definition) is 3. The molecule has 18 nitrogen and oxygen atoms in total. The summed E-state index contributed by atoms with van der Waals surface area (Å²) < 4.78 is 78.7. The molecule has 1 spiro atoms. The van der Waals surface area contributed by atoms with Crippen molar-refractivity contribution in [1.82, 2.24) is 14.9 Å². The van der Waals surface area contributed by atoms with Crippen molar-refractivity contribution in [3.8, 4) is 11.6 Å². The molecule has 12 rings (SSSR count). The van der Waals surface area contributed by atoms with Crippen LogP contribution in [0.3, 0.4) is 0 Å². The average molecular weight is 1010 g/mol. The number of aryl methyl sites for hydroxylation is 1. The number of nitrogens with two attached hydrogens (primary N) is 1. The summed E-state index contributed by atoms with van der Waals surface area (Å²) in [6.45, 7) is 6.15. The van der Waals surface area contributed by atoms with Gasteiger partial charge in [0.05, 0.1) is 58.1 Å². The fourth-order valence-corrected chi connectivity index (χ4v) is 14.4. The molecule has 5 fully saturated rings. The fourth-order valence-electron chi connectivity index (χ4n) is 12.7. The van der Waals surface area contributed by atoms with Gasteiger partial charge in [0, 0.05) is 88.7 Å². The monoisotopic (exact) mass is 1010 g/mol. The molecular formula is C52H59FN8O10S. The summed E-state index contributed by atoms with van der Waals surface area (Å²) in [4.78, 5) is 40.1. The minimum absolute atomic E-state index is 0.0196. The van der Waals surface area contributed by atoms with Crippen LogP contribution in [0.25, 0.3) is 11.0 Å². The summed E-state index contributed by atoms with van der Waals surface area (Å²) in [5, 5.41) is 16.8. The third-order valence-corrected chi connectivity index (χ3v) is 18.4. The topological polar surface area (TPSA) is 217 Å². The number of piperidine rings is 1. The number of aromatic nitrogens is 2. The first kappa shape index (κ1) is 47.0. The molecule has 4 saturated heterocycles. The second kappa shape index (κ2) is 18.2. The van der Waals surface area contributed by atoms with Gasteiger partial charge in [-0.25, -0.2) is 12.8 Å². The maximum absolute atomic E-state index is 16.3. The normalized spacial score (nSPS) is 25.2. The van der Waals surface area contributed by atoms with E-state index in [4.69, 9.17) is 34.4 Å². The van der Waals surface area contributed by atoms with Crippen LogP contribution in [0.15, 0.2) is 76.7 Å². The Morgan fingerprint density at radius 1 is 0.931 bits per heavy atom. The van der Waals surface area contributed by atoms with Gasteiger partial charge in [-0.15, -0.1) is 0 Å². The number of carbonyl (C=O) groups is 1. The number of nitro groups is 1. The van der Waals surface area contributed by atoms with Gasteiger partial charge >= 0.3 is 0 Å². The summed E-state index contributed by atoms with van der Waals surface area (Å²) in [5.74, 6) is -0.775. The number of sulfone groups is 1. The quantitative estimate of drug-likeness (QED) is 0.0975. The Morgan fingerprint density at radius 2 is 1.72 bits per heavy atom. The van der Waals surface area contributed by atoms with Crippen LogP contribution in [0.2, 0.25) is 0 Å². The zero-order valence-corrected chi connectivity index (χ0v) is 41.0. The van der Waals surface area contributed by atoms with Crippen LogP contribution in [0.4, 0.5) is 32.8 Å². The number of rotatable bonds is 9. The lowest BCUT2D eigenvalue weighted by atomic mass is 9.59. The van der Waals surface area contributed by atoms with E-state index in [9.17, 15) is 14.9 Å². The van der Waals surface area contributed by atoms with Crippen molar-refractivity contribution >= 4 is 55.2 Å². The number of pyridine rings is 1. The van der Waals surface area contributed by atoms with Crippen LogP contribution in [0.5, 0.6) is 11.6 Å². The summed E-state index contributed by atoms with van der Waals surface area (Å²) >= 11 is 0. The molecule has 0 unspecified atom stereocenters. The van der Waals surface area contributed by atoms with E-state index in [0.717, 1.165) is 56.7 Å². The number of alkyl halides is 1. The van der Waals surface area contributed by atoms with Crippen molar-refractivity contribution in [3.63, 3.8) is 0 Å². The number of halogens is 1. The van der Waals surface area contributed by atoms with Gasteiger partial charge in [0.1, 0.15) is 34.6 Å². The number of carbonyl (C=O) groups excluding carboxylic acids is 1. The molecule has 20 heteroatoms. The van der Waals surface area contributed by atoms with Gasteiger partial charge in [-0.2, -0.15) is 4.98 Å². The number of ether oxygens (including phenoxy) is 5. The average Bonchev–Trinajstić information content (AvgIpc) is 3.70. The second-order valence-electron chi connectivity index (χ2n) is 20.7. The van der Waals surface area contributed by atoms with Gasteiger partial charge in [0.2, 0.25) is 15.7 Å². The van der Waals surface area contributed by atoms with Gasteiger partial charge in [-0.05, 0) is 86.3 Å². The molecule has 5 aromatic rings. The first-order valence-corrected chi connectivity index (χ1v) is 26.7. The molecule has 4 atom stereocenters. The maximum atomic E-state index is 16.3. The van der Waals surface area contributed by atoms with E-state index in [0.29, 0.717) is 55.8 Å². The summed E-state index contributed by atoms with van der Waals surface area (Å²) in [6.07, 6.45) is 6.19. The number of anilines is 4. The number of primary amides is 1. The standard InChI is InChI=1S/C52H59FN8O10S/c1-31-5-2-3-6-35(31)41-28-68-19-4-16-59(41)33-26-51(27-33)11-17-58(18-12-51)38-8-7-36(48(54)62)46(60-37-10-20-69-29-43(37)71-50-40(60)23-32-9-15-55-49(32)57-50)47(38)72(65,66)34-24-39(61(63)64)45-42(25-34)70-30-44(56-45)52(53)13-21-67-22-14-52/h2-3,5-9,15,23-25,33,37,41,43-44,56H,4,10-14,16-22,26-30H2,1H3,(H2,54,62)(H,55,57)/t37-,41-,43-,44-/m0/s1. The Bertz CT molecular complexity index is 3060. The smallest absolute Gasteiger partial charge is 0.297 e. The number of H-pyrrole nitrogens is 1. The van der Waals surface area contributed by atoms with Crippen LogP contribution in [0, 0.1) is 22.5 Å². The Kier molecular flexibility index (Phi) is 11.8. The Balaban J connectivity index is 0.958. The lowest BCUT2D eigenvalue weighted by Gasteiger charge is -2.56. The van der Waals surface area contributed by atoms with Crippen molar-refractivity contribution in [1.29, 1.82) is 0 Å². The Hall–Kier alpha value is -6.06. The van der Waals surface area contributed by atoms with E-state index in [1.165, 1.54) is 17.2 Å². The number of hydrogen-bond acceptors (Lipinski definition) is 15. The van der Waals surface area contributed by atoms with Crippen molar-refractivity contribution in [2.24, 2.45) is 11.1 Å². The molecule has 1 aliphatic carbocycles. The highest BCUT2D eigenvalue weighted by atomic mass is 32.2. The molecule has 6 aliphatic heterocycles. The zero-order chi connectivity index (χ0) is 49.5. The van der Waals surface area contributed by atoms with Crippen molar-refractivity contribution in [2.45, 2.75) is 104 Å². The summed E-state index contributed by atoms with van der Waals surface area (Å²) in [5.41, 5.74) is 7.63. The van der Waals surface area contributed by atoms with Crippen molar-refractivity contribution in [3.05, 3.63) is 93.7 Å². The molecule has 0 radical (unpaired) electrons. The highest BCUT2D eigenvalue weighted by molar-refractivity contribution is 7.91. The molecular weight excluding hydrogens is 948 g/mol. The highest BCUT2D eigenvalue weighted by Gasteiger charge is 2.51. The molecule has 7 aliphatic rings. The summed E-state index contributed by atoms with van der Waals surface area (Å²) in [7, 11) is -4.86. The number of aromatic amines is 1. The molecule has 0 bridgehead atoms. The number of nitrogens with zero attached hydrogens (tertiary/aromatic N) is 5. The number of benzene rings is 3. The third-order valence-electron chi connectivity index (χ3n) is 16.6. The van der Waals surface area contributed by atoms with Crippen molar-refractivity contribution in [2.75, 3.05) is 81.0 Å². The van der Waals surface area contributed by atoms with E-state index in [-0.39, 0.29) is 84.2 Å². The van der Waals surface area contributed by atoms with Gasteiger partial charge in [-0.1, -0.05) is 24.3 Å². The SMILES string of the molecule is Cc1ccccc1[C@@H]1COCCCN1C1CC2(CCN(c3ccc(C(N)=O)c(N4c5cc6cc[nH]c6nc5O[C@H]5COCC[C@@H]54)c3S(=O)(=O)c3cc4c(c([N+](=O)[O-])c3)N[C@H](C3(F)CCOCC3)CO4)CC2)C1. The van der Waals surface area contributed by atoms with E-state index in [1.54, 1.807) is 18.3 Å². The van der Waals surface area contributed by atoms with Gasteiger partial charge in [0.15, 0.2) is 11.4 Å². The van der Waals surface area contributed by atoms with Crippen LogP contribution >= 0.6 is 0 Å². The zero-order valence-electron chi connectivity index (χ0n) is 40.1. The molecule has 72 heavy (non-hydrogen) atoms. The first-order chi connectivity index (χ1) is 34.8. The number of nitrogens with one attached hydrogen (secondary N) is 2. The second-order valence-corrected chi connectivity index (χ2v) is 22.6. The molecule has 380 valence electrons. The van der Waals surface area contributed by atoms with E-state index in [2.05, 4.69) is 51.3 Å². The van der Waals surface area contributed by atoms with Crippen LogP contribution in [-0.4, -0.2) is 130 Å². The molecule has 1 amide bonds. The van der Waals surface area contributed by atoms with Gasteiger partial charge in [-0.3, -0.25) is 19.8 Å². The van der Waals surface area contributed by atoms with Crippen LogP contribution < -0.4 is 30.3 Å². The molecule has 8 heterocycles. The Morgan fingerprint density at radius 3 is 2.50 bits per heavy atom. The van der Waals surface area contributed by atoms with Gasteiger partial charge in [0.25, 0.3) is 11.6 Å². The minimum Gasteiger partial charge on any atom is -0.489 e. The largest absolute Gasteiger partial charge is 0.489 e. The molecule has 4 N–H and O–H groups in total. The van der Waals surface area contributed by atoms with E-state index in [1.807, 2.05) is 17.0 Å². The van der Waals surface area contributed by atoms with Crippen LogP contribution in [-0.2, 0) is 24.0 Å². The predicted octanol–water partition coefficient (Wildman–Crippen LogP) is 7.30. The minimum atomic E-state index is -4.86. The predicted molar refractivity (Wildman–Crippen MR) is 265 cm³/mol. The van der Waals surface area contributed by atoms with E-state index < -0.39 is 55.1 Å². The maximum Gasteiger partial charge on any atom is 0.297 e. The third kappa shape index (κ3) is 8.00. The number of fused-ring (bicyclic) bond motifs is 4. The lowest BCUT2D eigenvalue weighted by molar-refractivity contribution is -0.384. The highest BCUT2D eigenvalue weighted by Crippen LogP contribution is 2.56. The number of nitro benzene ring substituents is 1. The van der Waals surface area contributed by atoms with E-state index >= 15 is 12.8 Å². The summed E-state index contributed by atoms with van der Waals surface area (Å²) in [6, 6.07) is 16.7.